The Labute approximate surface area is 94.7 Å². The molecule has 0 saturated heterocycles. The number of aromatic nitrogens is 2. The Morgan fingerprint density at radius 3 is 2.62 bits per heavy atom. The summed E-state index contributed by atoms with van der Waals surface area (Å²) in [6.45, 7) is 0. The van der Waals surface area contributed by atoms with Gasteiger partial charge in [0.05, 0.1) is 10.7 Å². The molecular weight excluding hydrogens is 298 g/mol. The van der Waals surface area contributed by atoms with E-state index in [9.17, 15) is 0 Å². The normalized spacial score (nSPS) is 10.3. The van der Waals surface area contributed by atoms with Crippen molar-refractivity contribution in [2.75, 3.05) is 0 Å². The van der Waals surface area contributed by atoms with E-state index in [-0.39, 0.29) is 0 Å². The smallest absolute Gasteiger partial charge is 0.123 e. The third kappa shape index (κ3) is 1.86. The van der Waals surface area contributed by atoms with Crippen LogP contribution in [0.25, 0.3) is 5.69 Å². The second-order valence-corrected chi connectivity index (χ2v) is 4.05. The van der Waals surface area contributed by atoms with E-state index in [2.05, 4.69) is 27.7 Å². The first kappa shape index (κ1) is 9.02. The fourth-order valence-electron chi connectivity index (χ4n) is 1.07. The Morgan fingerprint density at radius 2 is 2.00 bits per heavy atom. The van der Waals surface area contributed by atoms with Crippen LogP contribution in [0.3, 0.4) is 0 Å². The van der Waals surface area contributed by atoms with Gasteiger partial charge in [-0.1, -0.05) is 23.7 Å². The average Bonchev–Trinajstić information content (AvgIpc) is 2.53. The van der Waals surface area contributed by atoms with Crippen LogP contribution in [0, 0.1) is 3.70 Å². The maximum Gasteiger partial charge on any atom is 0.123 e. The van der Waals surface area contributed by atoms with E-state index in [0.29, 0.717) is 5.02 Å². The molecule has 66 valence electrons. The van der Waals surface area contributed by atoms with E-state index in [0.717, 1.165) is 9.39 Å². The van der Waals surface area contributed by atoms with Crippen LogP contribution < -0.4 is 0 Å². The molecule has 0 bridgehead atoms. The molecule has 0 amide bonds. The zero-order valence-electron chi connectivity index (χ0n) is 6.61. The number of hydrogen-bond donors (Lipinski definition) is 0. The van der Waals surface area contributed by atoms with Gasteiger partial charge in [-0.2, -0.15) is 5.10 Å². The zero-order chi connectivity index (χ0) is 9.26. The molecule has 2 rings (SSSR count). The topological polar surface area (TPSA) is 17.8 Å². The van der Waals surface area contributed by atoms with Gasteiger partial charge in [0.2, 0.25) is 0 Å². The molecule has 0 radical (unpaired) electrons. The Balaban J connectivity index is 2.52. The number of hydrogen-bond acceptors (Lipinski definition) is 1. The molecule has 1 aromatic carbocycles. The van der Waals surface area contributed by atoms with E-state index < -0.39 is 0 Å². The molecule has 0 fully saturated rings. The minimum atomic E-state index is 0.710. The molecule has 0 N–H and O–H groups in total. The number of para-hydroxylation sites is 1. The van der Waals surface area contributed by atoms with Crippen LogP contribution in [-0.4, -0.2) is 9.78 Å². The summed E-state index contributed by atoms with van der Waals surface area (Å²) in [7, 11) is 0. The van der Waals surface area contributed by atoms with Crippen molar-refractivity contribution in [1.82, 2.24) is 9.78 Å². The van der Waals surface area contributed by atoms with Crippen molar-refractivity contribution in [3.05, 3.63) is 45.3 Å². The molecule has 1 aromatic heterocycles. The van der Waals surface area contributed by atoms with Crippen LogP contribution in [0.15, 0.2) is 36.5 Å². The second-order valence-electron chi connectivity index (χ2n) is 2.53. The van der Waals surface area contributed by atoms with Crippen LogP contribution in [0.2, 0.25) is 5.02 Å². The van der Waals surface area contributed by atoms with Gasteiger partial charge in [-0.05, 0) is 40.8 Å². The van der Waals surface area contributed by atoms with Crippen LogP contribution >= 0.6 is 34.2 Å². The highest BCUT2D eigenvalue weighted by atomic mass is 127. The van der Waals surface area contributed by atoms with Crippen molar-refractivity contribution in [3.63, 3.8) is 0 Å². The summed E-state index contributed by atoms with van der Waals surface area (Å²) in [6, 6.07) is 9.57. The van der Waals surface area contributed by atoms with Crippen LogP contribution in [0.4, 0.5) is 0 Å². The highest BCUT2D eigenvalue weighted by molar-refractivity contribution is 14.1. The monoisotopic (exact) mass is 304 g/mol. The lowest BCUT2D eigenvalue weighted by Gasteiger charge is -2.02. The van der Waals surface area contributed by atoms with Gasteiger partial charge >= 0.3 is 0 Å². The summed E-state index contributed by atoms with van der Waals surface area (Å²) in [5.41, 5.74) is 0.909. The molecule has 0 aliphatic carbocycles. The van der Waals surface area contributed by atoms with Crippen molar-refractivity contribution in [3.8, 4) is 5.69 Å². The van der Waals surface area contributed by atoms with Gasteiger partial charge < -0.3 is 0 Å². The molecule has 0 aliphatic rings. The van der Waals surface area contributed by atoms with Gasteiger partial charge in [-0.3, -0.25) is 0 Å². The molecule has 0 atom stereocenters. The highest BCUT2D eigenvalue weighted by Crippen LogP contribution is 2.19. The minimum absolute atomic E-state index is 0.710. The SMILES string of the molecule is Clc1ccccc1-n1ccc(I)n1. The average molecular weight is 305 g/mol. The lowest BCUT2D eigenvalue weighted by molar-refractivity contribution is 0.869. The molecular formula is C9H6ClIN2. The van der Waals surface area contributed by atoms with E-state index in [1.165, 1.54) is 0 Å². The standard InChI is InChI=1S/C9H6ClIN2/c10-7-3-1-2-4-8(7)13-6-5-9(11)12-13/h1-6H. The van der Waals surface area contributed by atoms with Crippen molar-refractivity contribution in [1.29, 1.82) is 0 Å². The molecule has 2 nitrogen and oxygen atoms in total. The van der Waals surface area contributed by atoms with Gasteiger partial charge in [-0.25, -0.2) is 4.68 Å². The molecule has 0 spiro atoms. The van der Waals surface area contributed by atoms with Crippen LogP contribution in [0.1, 0.15) is 0 Å². The zero-order valence-corrected chi connectivity index (χ0v) is 9.53. The Hall–Kier alpha value is -0.550. The lowest BCUT2D eigenvalue weighted by Crippen LogP contribution is -1.95. The van der Waals surface area contributed by atoms with Crippen molar-refractivity contribution in [2.24, 2.45) is 0 Å². The van der Waals surface area contributed by atoms with Crippen LogP contribution in [0.5, 0.6) is 0 Å². The molecule has 1 heterocycles. The fourth-order valence-corrected chi connectivity index (χ4v) is 1.69. The first-order valence-corrected chi connectivity index (χ1v) is 5.19. The molecule has 0 saturated carbocycles. The fraction of sp³-hybridized carbons (Fsp3) is 0. The van der Waals surface area contributed by atoms with Gasteiger partial charge in [0.1, 0.15) is 3.70 Å². The van der Waals surface area contributed by atoms with E-state index >= 15 is 0 Å². The number of benzene rings is 1. The number of halogens is 2. The van der Waals surface area contributed by atoms with Crippen molar-refractivity contribution < 1.29 is 0 Å². The maximum atomic E-state index is 6.00. The Bertz CT molecular complexity index is 425. The van der Waals surface area contributed by atoms with E-state index in [1.54, 1.807) is 4.68 Å². The summed E-state index contributed by atoms with van der Waals surface area (Å²) in [5.74, 6) is 0. The van der Waals surface area contributed by atoms with Gasteiger partial charge in [0.25, 0.3) is 0 Å². The predicted molar refractivity (Wildman–Crippen MR) is 61.3 cm³/mol. The summed E-state index contributed by atoms with van der Waals surface area (Å²) in [5, 5.41) is 4.97. The van der Waals surface area contributed by atoms with E-state index in [4.69, 9.17) is 11.6 Å². The highest BCUT2D eigenvalue weighted by Gasteiger charge is 2.01. The summed E-state index contributed by atoms with van der Waals surface area (Å²) >= 11 is 8.17. The lowest BCUT2D eigenvalue weighted by atomic mass is 10.3. The minimum Gasteiger partial charge on any atom is -0.238 e. The molecule has 4 heteroatoms. The first-order chi connectivity index (χ1) is 6.27. The third-order valence-corrected chi connectivity index (χ3v) is 2.55. The summed E-state index contributed by atoms with van der Waals surface area (Å²) in [6.07, 6.45) is 1.89. The van der Waals surface area contributed by atoms with Crippen LogP contribution in [-0.2, 0) is 0 Å². The molecule has 2 aromatic rings. The first-order valence-electron chi connectivity index (χ1n) is 3.73. The molecule has 0 aliphatic heterocycles. The molecule has 13 heavy (non-hydrogen) atoms. The van der Waals surface area contributed by atoms with Gasteiger partial charge in [0, 0.05) is 6.20 Å². The summed E-state index contributed by atoms with van der Waals surface area (Å²) in [4.78, 5) is 0. The van der Waals surface area contributed by atoms with Gasteiger partial charge in [-0.15, -0.1) is 0 Å². The second kappa shape index (κ2) is 3.67. The Morgan fingerprint density at radius 1 is 1.23 bits per heavy atom. The predicted octanol–water partition coefficient (Wildman–Crippen LogP) is 3.13. The molecule has 0 unspecified atom stereocenters. The summed E-state index contributed by atoms with van der Waals surface area (Å²) < 4.78 is 2.72. The number of rotatable bonds is 1. The number of nitrogens with zero attached hydrogens (tertiary/aromatic N) is 2. The third-order valence-electron chi connectivity index (χ3n) is 1.66. The largest absolute Gasteiger partial charge is 0.238 e. The quantitative estimate of drug-likeness (QED) is 0.740. The van der Waals surface area contributed by atoms with E-state index in [1.807, 2.05) is 36.5 Å². The maximum absolute atomic E-state index is 6.00. The Kier molecular flexibility index (Phi) is 2.55. The van der Waals surface area contributed by atoms with Gasteiger partial charge in [0.15, 0.2) is 0 Å². The van der Waals surface area contributed by atoms with Crippen molar-refractivity contribution in [2.45, 2.75) is 0 Å². The van der Waals surface area contributed by atoms with Crippen molar-refractivity contribution >= 4 is 34.2 Å².